The zero-order chi connectivity index (χ0) is 16.9. The average molecular weight is 316 g/mol. The first-order valence-corrected chi connectivity index (χ1v) is 7.56. The van der Waals surface area contributed by atoms with E-state index >= 15 is 0 Å². The molecule has 4 heteroatoms. The van der Waals surface area contributed by atoms with Gasteiger partial charge in [-0.25, -0.2) is 0 Å². The fourth-order valence-corrected chi connectivity index (χ4v) is 2.63. The molecule has 2 aromatic carbocycles. The Kier molecular flexibility index (Phi) is 4.44. The van der Waals surface area contributed by atoms with Gasteiger partial charge in [-0.3, -0.25) is 4.79 Å². The number of ether oxygens (including phenoxy) is 1. The summed E-state index contributed by atoms with van der Waals surface area (Å²) in [4.78, 5) is 15.3. The van der Waals surface area contributed by atoms with Crippen LogP contribution in [-0.2, 0) is 6.42 Å². The van der Waals surface area contributed by atoms with Crippen molar-refractivity contribution < 1.29 is 4.74 Å². The summed E-state index contributed by atoms with van der Waals surface area (Å²) < 4.78 is 5.21. The van der Waals surface area contributed by atoms with Gasteiger partial charge >= 0.3 is 0 Å². The molecule has 0 unspecified atom stereocenters. The lowest BCUT2D eigenvalue weighted by Gasteiger charge is -2.08. The minimum absolute atomic E-state index is 0.185. The molecule has 0 aliphatic carbocycles. The predicted octanol–water partition coefficient (Wildman–Crippen LogP) is 3.51. The number of hydrogen-bond donors (Lipinski definition) is 1. The van der Waals surface area contributed by atoms with Gasteiger partial charge in [-0.2, -0.15) is 5.26 Å². The van der Waals surface area contributed by atoms with Crippen LogP contribution in [0.15, 0.2) is 65.5 Å². The number of H-pyrrole nitrogens is 1. The molecule has 0 aliphatic rings. The number of pyridine rings is 1. The van der Waals surface area contributed by atoms with Gasteiger partial charge in [-0.1, -0.05) is 42.5 Å². The molecule has 0 radical (unpaired) electrons. The molecule has 1 heterocycles. The summed E-state index contributed by atoms with van der Waals surface area (Å²) in [6.45, 7) is 0. The lowest BCUT2D eigenvalue weighted by atomic mass is 10.0. The summed E-state index contributed by atoms with van der Waals surface area (Å²) in [6, 6.07) is 20.8. The monoisotopic (exact) mass is 316 g/mol. The third-order valence-electron chi connectivity index (χ3n) is 3.83. The number of nitriles is 1. The van der Waals surface area contributed by atoms with Gasteiger partial charge in [0.2, 0.25) is 0 Å². The van der Waals surface area contributed by atoms with E-state index in [-0.39, 0.29) is 5.56 Å². The Morgan fingerprint density at radius 1 is 1.08 bits per heavy atom. The molecule has 0 atom stereocenters. The second kappa shape index (κ2) is 6.84. The van der Waals surface area contributed by atoms with Crippen LogP contribution in [-0.4, -0.2) is 12.1 Å². The lowest BCUT2D eigenvalue weighted by Crippen LogP contribution is -2.15. The normalized spacial score (nSPS) is 10.2. The number of benzene rings is 2. The molecule has 0 aliphatic heterocycles. The minimum Gasteiger partial charge on any atom is -0.497 e. The van der Waals surface area contributed by atoms with Gasteiger partial charge in [-0.05, 0) is 29.3 Å². The van der Waals surface area contributed by atoms with E-state index in [0.29, 0.717) is 23.2 Å². The van der Waals surface area contributed by atoms with Crippen LogP contribution in [0.3, 0.4) is 0 Å². The average Bonchev–Trinajstić information content (AvgIpc) is 2.64. The number of nitrogens with one attached hydrogen (secondary N) is 1. The van der Waals surface area contributed by atoms with Crippen molar-refractivity contribution in [1.82, 2.24) is 4.98 Å². The molecule has 1 N–H and O–H groups in total. The molecule has 0 saturated heterocycles. The molecular formula is C20H16N2O2. The largest absolute Gasteiger partial charge is 0.497 e. The highest BCUT2D eigenvalue weighted by Gasteiger charge is 2.11. The third-order valence-corrected chi connectivity index (χ3v) is 3.83. The van der Waals surface area contributed by atoms with Crippen LogP contribution < -0.4 is 10.3 Å². The zero-order valence-electron chi connectivity index (χ0n) is 13.2. The number of aromatic amines is 1. The minimum atomic E-state index is -0.185. The van der Waals surface area contributed by atoms with Crippen LogP contribution in [0.25, 0.3) is 11.3 Å². The van der Waals surface area contributed by atoms with E-state index in [2.05, 4.69) is 11.1 Å². The van der Waals surface area contributed by atoms with E-state index in [9.17, 15) is 10.1 Å². The number of methoxy groups -OCH3 is 1. The summed E-state index contributed by atoms with van der Waals surface area (Å²) in [5.74, 6) is 0.741. The van der Waals surface area contributed by atoms with Crippen LogP contribution in [0.1, 0.15) is 16.7 Å². The van der Waals surface area contributed by atoms with E-state index in [4.69, 9.17) is 4.74 Å². The molecule has 24 heavy (non-hydrogen) atoms. The van der Waals surface area contributed by atoms with Crippen molar-refractivity contribution in [3.8, 4) is 23.1 Å². The van der Waals surface area contributed by atoms with Gasteiger partial charge in [0.25, 0.3) is 5.56 Å². The predicted molar refractivity (Wildman–Crippen MR) is 93.0 cm³/mol. The molecule has 0 bridgehead atoms. The molecule has 1 aromatic heterocycles. The number of rotatable bonds is 4. The van der Waals surface area contributed by atoms with Crippen molar-refractivity contribution in [1.29, 1.82) is 5.26 Å². The Morgan fingerprint density at radius 3 is 2.58 bits per heavy atom. The van der Waals surface area contributed by atoms with E-state index in [1.54, 1.807) is 13.2 Å². The third kappa shape index (κ3) is 3.21. The number of hydrogen-bond acceptors (Lipinski definition) is 3. The molecule has 0 fully saturated rings. The number of aromatic nitrogens is 1. The first kappa shape index (κ1) is 15.6. The number of nitrogens with zero attached hydrogens (tertiary/aromatic N) is 1. The van der Waals surface area contributed by atoms with Crippen LogP contribution in [0.4, 0.5) is 0 Å². The second-order valence-electron chi connectivity index (χ2n) is 5.42. The van der Waals surface area contributed by atoms with Crippen LogP contribution >= 0.6 is 0 Å². The van der Waals surface area contributed by atoms with Crippen molar-refractivity contribution in [2.24, 2.45) is 0 Å². The Hall–Kier alpha value is -3.32. The molecule has 118 valence electrons. The first-order valence-electron chi connectivity index (χ1n) is 7.56. The highest BCUT2D eigenvalue weighted by molar-refractivity contribution is 5.66. The zero-order valence-corrected chi connectivity index (χ0v) is 13.2. The second-order valence-corrected chi connectivity index (χ2v) is 5.42. The van der Waals surface area contributed by atoms with Crippen LogP contribution in [0, 0.1) is 11.3 Å². The van der Waals surface area contributed by atoms with Gasteiger partial charge in [-0.15, -0.1) is 0 Å². The quantitative estimate of drug-likeness (QED) is 0.801. The molecule has 3 rings (SSSR count). The smallest absolute Gasteiger partial charge is 0.252 e. The van der Waals surface area contributed by atoms with Crippen molar-refractivity contribution in [3.63, 3.8) is 0 Å². The summed E-state index contributed by atoms with van der Waals surface area (Å²) in [5, 5.41) is 9.45. The SMILES string of the molecule is COc1cccc(Cc2cc(C#N)c(-c3ccccc3)[nH]c2=O)c1. The van der Waals surface area contributed by atoms with Crippen molar-refractivity contribution in [2.75, 3.05) is 7.11 Å². The molecule has 3 aromatic rings. The summed E-state index contributed by atoms with van der Waals surface area (Å²) in [5.41, 5.74) is 3.15. The summed E-state index contributed by atoms with van der Waals surface area (Å²) in [7, 11) is 1.61. The maximum atomic E-state index is 12.4. The first-order chi connectivity index (χ1) is 11.7. The Labute approximate surface area is 140 Å². The fourth-order valence-electron chi connectivity index (χ4n) is 2.63. The Balaban J connectivity index is 2.02. The van der Waals surface area contributed by atoms with Crippen molar-refractivity contribution in [3.05, 3.63) is 87.7 Å². The summed E-state index contributed by atoms with van der Waals surface area (Å²) in [6.07, 6.45) is 0.441. The highest BCUT2D eigenvalue weighted by atomic mass is 16.5. The van der Waals surface area contributed by atoms with Crippen LogP contribution in [0.5, 0.6) is 5.75 Å². The molecular weight excluding hydrogens is 300 g/mol. The van der Waals surface area contributed by atoms with E-state index in [1.807, 2.05) is 54.6 Å². The molecule has 0 spiro atoms. The van der Waals surface area contributed by atoms with Crippen molar-refractivity contribution >= 4 is 0 Å². The van der Waals surface area contributed by atoms with Gasteiger partial charge < -0.3 is 9.72 Å². The van der Waals surface area contributed by atoms with E-state index in [1.165, 1.54) is 0 Å². The van der Waals surface area contributed by atoms with Crippen molar-refractivity contribution in [2.45, 2.75) is 6.42 Å². The molecule has 0 saturated carbocycles. The highest BCUT2D eigenvalue weighted by Crippen LogP contribution is 2.21. The lowest BCUT2D eigenvalue weighted by molar-refractivity contribution is 0.414. The molecule has 4 nitrogen and oxygen atoms in total. The topological polar surface area (TPSA) is 65.9 Å². The van der Waals surface area contributed by atoms with E-state index < -0.39 is 0 Å². The van der Waals surface area contributed by atoms with Crippen LogP contribution in [0.2, 0.25) is 0 Å². The van der Waals surface area contributed by atoms with E-state index in [0.717, 1.165) is 16.9 Å². The van der Waals surface area contributed by atoms with Gasteiger partial charge in [0.1, 0.15) is 11.8 Å². The maximum Gasteiger partial charge on any atom is 0.252 e. The Morgan fingerprint density at radius 2 is 1.88 bits per heavy atom. The van der Waals surface area contributed by atoms with Gasteiger partial charge in [0.15, 0.2) is 0 Å². The van der Waals surface area contributed by atoms with Gasteiger partial charge in [0.05, 0.1) is 18.4 Å². The van der Waals surface area contributed by atoms with Gasteiger partial charge in [0, 0.05) is 12.0 Å². The fraction of sp³-hybridized carbons (Fsp3) is 0.100. The molecule has 0 amide bonds. The standard InChI is InChI=1S/C20H16N2O2/c1-24-18-9-5-6-14(11-18)10-16-12-17(13-21)19(22-20(16)23)15-7-3-2-4-8-15/h2-9,11-12H,10H2,1H3,(H,22,23). The maximum absolute atomic E-state index is 12.4. The Bertz CT molecular complexity index is 953. The summed E-state index contributed by atoms with van der Waals surface area (Å²) >= 11 is 0.